The molecule has 2 unspecified atom stereocenters. The molecular weight excluding hydrogens is 494 g/mol. The van der Waals surface area contributed by atoms with Crippen molar-refractivity contribution in [2.75, 3.05) is 0 Å². The molecule has 0 amide bonds. The average Bonchev–Trinajstić information content (AvgIpc) is 3.49. The third-order valence-electron chi connectivity index (χ3n) is 7.00. The highest BCUT2D eigenvalue weighted by atomic mass is 32.1. The number of ether oxygens (including phenoxy) is 1. The zero-order chi connectivity index (χ0) is 26.2. The Morgan fingerprint density at radius 2 is 1.81 bits per heavy atom. The third kappa shape index (κ3) is 5.42. The van der Waals surface area contributed by atoms with Gasteiger partial charge < -0.3 is 9.84 Å². The number of thiophene rings is 1. The van der Waals surface area contributed by atoms with Gasteiger partial charge in [-0.1, -0.05) is 60.7 Å². The molecule has 0 radical (unpaired) electrons. The topological polar surface area (TPSA) is 63.6 Å². The number of rotatable bonds is 10. The van der Waals surface area contributed by atoms with Crippen LogP contribution in [0.3, 0.4) is 0 Å². The monoisotopic (exact) mass is 520 g/mol. The summed E-state index contributed by atoms with van der Waals surface area (Å²) in [6.07, 6.45) is 0.940. The Hall–Kier alpha value is -3.58. The minimum Gasteiger partial charge on any atom is -0.487 e. The first kappa shape index (κ1) is 25.1. The number of Topliss-reactive ketones (excluding diaryl/α,β-unsaturated/α-hetero) is 1. The fraction of sp³-hybridized carbons (Fsp3) is 0.267. The summed E-state index contributed by atoms with van der Waals surface area (Å²) < 4.78 is 33.3. The van der Waals surface area contributed by atoms with Crippen LogP contribution in [0.15, 0.2) is 78.2 Å². The Bertz CT molecular complexity index is 1420. The molecule has 0 aliphatic heterocycles. The second-order valence-corrected chi connectivity index (χ2v) is 10.7. The van der Waals surface area contributed by atoms with Crippen molar-refractivity contribution < 1.29 is 28.2 Å². The average molecular weight is 521 g/mol. The van der Waals surface area contributed by atoms with Gasteiger partial charge in [0.15, 0.2) is 5.78 Å². The highest BCUT2D eigenvalue weighted by Crippen LogP contribution is 2.49. The van der Waals surface area contributed by atoms with Crippen molar-refractivity contribution in [1.82, 2.24) is 0 Å². The van der Waals surface area contributed by atoms with Crippen LogP contribution in [0.2, 0.25) is 0 Å². The molecule has 0 saturated heterocycles. The minimum atomic E-state index is -2.92. The molecular formula is C30H26F2O4S. The van der Waals surface area contributed by atoms with Gasteiger partial charge >= 0.3 is 5.97 Å². The number of halogens is 2. The number of benzene rings is 3. The molecule has 1 N–H and O–H groups in total. The van der Waals surface area contributed by atoms with Gasteiger partial charge in [-0.2, -0.15) is 0 Å². The first-order valence-corrected chi connectivity index (χ1v) is 13.0. The second kappa shape index (κ2) is 10.1. The summed E-state index contributed by atoms with van der Waals surface area (Å²) in [5.41, 5.74) is 1.04. The molecule has 3 aromatic carbocycles. The van der Waals surface area contributed by atoms with Crippen LogP contribution in [0.1, 0.15) is 39.7 Å². The SMILES string of the molecule is CC(F)(F)c1ccc(COc2c(C(=O)C3C[C@@H]3C(Cc3cccs3)C(=O)O)ccc3ccccc23)cc1. The van der Waals surface area contributed by atoms with Gasteiger partial charge in [0.05, 0.1) is 11.5 Å². The molecule has 4 nitrogen and oxygen atoms in total. The fourth-order valence-corrected chi connectivity index (χ4v) is 5.63. The van der Waals surface area contributed by atoms with E-state index < -0.39 is 17.8 Å². The van der Waals surface area contributed by atoms with Crippen molar-refractivity contribution in [3.8, 4) is 5.75 Å². The zero-order valence-corrected chi connectivity index (χ0v) is 21.0. The molecule has 1 fully saturated rings. The van der Waals surface area contributed by atoms with Gasteiger partial charge in [-0.3, -0.25) is 9.59 Å². The number of carbonyl (C=O) groups excluding carboxylic acids is 1. The lowest BCUT2D eigenvalue weighted by molar-refractivity contribution is -0.142. The highest BCUT2D eigenvalue weighted by Gasteiger charge is 2.50. The third-order valence-corrected chi connectivity index (χ3v) is 7.90. The van der Waals surface area contributed by atoms with Crippen molar-refractivity contribution in [3.63, 3.8) is 0 Å². The molecule has 1 aliphatic carbocycles. The van der Waals surface area contributed by atoms with Gasteiger partial charge in [0.2, 0.25) is 0 Å². The molecule has 3 atom stereocenters. The Kier molecular flexibility index (Phi) is 6.82. The van der Waals surface area contributed by atoms with Gasteiger partial charge in [0.1, 0.15) is 12.4 Å². The smallest absolute Gasteiger partial charge is 0.307 e. The van der Waals surface area contributed by atoms with Gasteiger partial charge in [-0.05, 0) is 47.2 Å². The van der Waals surface area contributed by atoms with E-state index in [0.29, 0.717) is 29.7 Å². The van der Waals surface area contributed by atoms with Gasteiger partial charge in [0, 0.05) is 28.7 Å². The Labute approximate surface area is 217 Å². The molecule has 0 spiro atoms. The summed E-state index contributed by atoms with van der Waals surface area (Å²) in [4.78, 5) is 26.6. The predicted octanol–water partition coefficient (Wildman–Crippen LogP) is 7.35. The van der Waals surface area contributed by atoms with Gasteiger partial charge in [-0.15, -0.1) is 11.3 Å². The normalized spacial score (nSPS) is 17.9. The molecule has 190 valence electrons. The maximum Gasteiger partial charge on any atom is 0.307 e. The molecule has 1 aliphatic rings. The van der Waals surface area contributed by atoms with E-state index in [4.69, 9.17) is 4.74 Å². The summed E-state index contributed by atoms with van der Waals surface area (Å²) in [7, 11) is 0. The van der Waals surface area contributed by atoms with E-state index in [1.807, 2.05) is 47.8 Å². The number of alkyl halides is 2. The summed E-state index contributed by atoms with van der Waals surface area (Å²) in [6.45, 7) is 0.959. The molecule has 1 aromatic heterocycles. The van der Waals surface area contributed by atoms with Crippen LogP contribution in [0, 0.1) is 17.8 Å². The fourth-order valence-electron chi connectivity index (χ4n) is 4.87. The maximum atomic E-state index is 13.6. The number of aliphatic carboxylic acids is 1. The van der Waals surface area contributed by atoms with Crippen molar-refractivity contribution >= 4 is 33.9 Å². The highest BCUT2D eigenvalue weighted by molar-refractivity contribution is 7.09. The van der Waals surface area contributed by atoms with E-state index in [9.17, 15) is 23.5 Å². The van der Waals surface area contributed by atoms with Crippen molar-refractivity contribution in [2.24, 2.45) is 17.8 Å². The number of carboxylic acid groups (broad SMARTS) is 1. The predicted molar refractivity (Wildman–Crippen MR) is 139 cm³/mol. The summed E-state index contributed by atoms with van der Waals surface area (Å²) >= 11 is 1.52. The number of fused-ring (bicyclic) bond motifs is 1. The lowest BCUT2D eigenvalue weighted by Gasteiger charge is -2.16. The Morgan fingerprint density at radius 3 is 2.49 bits per heavy atom. The second-order valence-electron chi connectivity index (χ2n) is 9.64. The number of ketones is 1. The van der Waals surface area contributed by atoms with E-state index >= 15 is 0 Å². The maximum absolute atomic E-state index is 13.6. The number of hydrogen-bond acceptors (Lipinski definition) is 4. The largest absolute Gasteiger partial charge is 0.487 e. The van der Waals surface area contributed by atoms with Crippen molar-refractivity contribution in [2.45, 2.75) is 32.3 Å². The van der Waals surface area contributed by atoms with E-state index in [1.165, 1.54) is 23.5 Å². The molecule has 0 bridgehead atoms. The van der Waals surface area contributed by atoms with Gasteiger partial charge in [0.25, 0.3) is 5.92 Å². The van der Waals surface area contributed by atoms with E-state index in [2.05, 4.69) is 0 Å². The first-order valence-electron chi connectivity index (χ1n) is 12.1. The molecule has 1 heterocycles. The van der Waals surface area contributed by atoms with Gasteiger partial charge in [-0.25, -0.2) is 8.78 Å². The Morgan fingerprint density at radius 1 is 1.05 bits per heavy atom. The van der Waals surface area contributed by atoms with Crippen LogP contribution >= 0.6 is 11.3 Å². The molecule has 1 saturated carbocycles. The van der Waals surface area contributed by atoms with E-state index in [-0.39, 0.29) is 29.8 Å². The number of carboxylic acids is 1. The van der Waals surface area contributed by atoms with Crippen molar-refractivity contribution in [1.29, 1.82) is 0 Å². The summed E-state index contributed by atoms with van der Waals surface area (Å²) in [5.74, 6) is -4.72. The Balaban J connectivity index is 1.39. The molecule has 7 heteroatoms. The summed E-state index contributed by atoms with van der Waals surface area (Å²) in [6, 6.07) is 20.9. The number of carbonyl (C=O) groups is 2. The lowest BCUT2D eigenvalue weighted by atomic mass is 9.94. The minimum absolute atomic E-state index is 0.0763. The molecule has 4 aromatic rings. The van der Waals surface area contributed by atoms with Crippen LogP contribution in [0.25, 0.3) is 10.8 Å². The van der Waals surface area contributed by atoms with Crippen LogP contribution < -0.4 is 4.74 Å². The quantitative estimate of drug-likeness (QED) is 0.222. The van der Waals surface area contributed by atoms with Crippen LogP contribution in [0.4, 0.5) is 8.78 Å². The van der Waals surface area contributed by atoms with Crippen LogP contribution in [0.5, 0.6) is 5.75 Å². The molecule has 37 heavy (non-hydrogen) atoms. The molecule has 5 rings (SSSR count). The van der Waals surface area contributed by atoms with Crippen LogP contribution in [-0.4, -0.2) is 16.9 Å². The van der Waals surface area contributed by atoms with Crippen molar-refractivity contribution in [3.05, 3.63) is 99.7 Å². The van der Waals surface area contributed by atoms with Crippen LogP contribution in [-0.2, 0) is 23.7 Å². The lowest BCUT2D eigenvalue weighted by Crippen LogP contribution is -2.21. The first-order chi connectivity index (χ1) is 17.7. The van der Waals surface area contributed by atoms with E-state index in [0.717, 1.165) is 22.6 Å². The number of hydrogen-bond donors (Lipinski definition) is 1. The van der Waals surface area contributed by atoms with E-state index in [1.54, 1.807) is 18.2 Å². The summed E-state index contributed by atoms with van der Waals surface area (Å²) in [5, 5.41) is 13.5. The standard InChI is InChI=1S/C30H26F2O4S/c1-30(31,32)20-11-8-18(9-12-20)17-36-28-22-7-3-2-5-19(22)10-13-23(28)27(33)25-16-24(25)26(29(34)35)15-21-6-4-14-37-21/h2-14,24-26H,15-17H2,1H3,(H,34,35)/t24-,25?,26?/m0/s1. The zero-order valence-electron chi connectivity index (χ0n) is 20.2.